The van der Waals surface area contributed by atoms with Gasteiger partial charge >= 0.3 is 0 Å². The number of aliphatic hydroxyl groups is 1. The number of hydrogen-bond donors (Lipinski definition) is 1. The van der Waals surface area contributed by atoms with Crippen LogP contribution >= 0.6 is 23.5 Å². The zero-order chi connectivity index (χ0) is 22.4. The van der Waals surface area contributed by atoms with Crippen molar-refractivity contribution in [3.63, 3.8) is 0 Å². The van der Waals surface area contributed by atoms with Crippen molar-refractivity contribution in [3.8, 4) is 11.1 Å². The van der Waals surface area contributed by atoms with Crippen LogP contribution in [-0.4, -0.2) is 9.19 Å². The smallest absolute Gasteiger partial charge is 0.103 e. The lowest BCUT2D eigenvalue weighted by Gasteiger charge is -2.35. The molecular formula is C30H24OS2. The minimum atomic E-state index is -0.601. The summed E-state index contributed by atoms with van der Waals surface area (Å²) in [6.07, 6.45) is 0.229. The average molecular weight is 465 g/mol. The van der Waals surface area contributed by atoms with Gasteiger partial charge in [-0.3, -0.25) is 0 Å². The Labute approximate surface area is 202 Å². The first-order chi connectivity index (χ1) is 16.2. The average Bonchev–Trinajstić information content (AvgIpc) is 3.04. The molecule has 0 aliphatic carbocycles. The summed E-state index contributed by atoms with van der Waals surface area (Å²) in [5, 5.41) is 16.8. The summed E-state index contributed by atoms with van der Waals surface area (Å²) >= 11 is 3.64. The van der Waals surface area contributed by atoms with Crippen LogP contribution in [0.1, 0.15) is 25.0 Å². The summed E-state index contributed by atoms with van der Waals surface area (Å²) in [6, 6.07) is 36.4. The van der Waals surface area contributed by atoms with Gasteiger partial charge in [-0.1, -0.05) is 97.9 Å². The molecule has 0 radical (unpaired) electrons. The number of hydrogen-bond acceptors (Lipinski definition) is 3. The Balaban J connectivity index is 1.69. The monoisotopic (exact) mass is 464 g/mol. The molecule has 0 saturated heterocycles. The minimum Gasteiger partial charge on any atom is -0.386 e. The maximum Gasteiger partial charge on any atom is 0.103 e. The van der Waals surface area contributed by atoms with E-state index in [0.717, 1.165) is 12.0 Å². The maximum atomic E-state index is 11.8. The first kappa shape index (κ1) is 20.9. The van der Waals surface area contributed by atoms with Crippen molar-refractivity contribution in [1.29, 1.82) is 0 Å². The van der Waals surface area contributed by atoms with Gasteiger partial charge in [-0.05, 0) is 45.7 Å². The largest absolute Gasteiger partial charge is 0.386 e. The summed E-state index contributed by atoms with van der Waals surface area (Å²) in [5.41, 5.74) is 3.53. The predicted molar refractivity (Wildman–Crippen MR) is 143 cm³/mol. The van der Waals surface area contributed by atoms with E-state index in [-0.39, 0.29) is 0 Å². The van der Waals surface area contributed by atoms with Crippen LogP contribution in [-0.2, 0) is 0 Å². The fourth-order valence-electron chi connectivity index (χ4n) is 4.92. The van der Waals surface area contributed by atoms with Gasteiger partial charge in [0.1, 0.15) is 10.2 Å². The van der Waals surface area contributed by atoms with Crippen LogP contribution in [0.3, 0.4) is 0 Å². The van der Waals surface area contributed by atoms with Gasteiger partial charge in [0.2, 0.25) is 0 Å². The third-order valence-electron chi connectivity index (χ3n) is 6.62. The van der Waals surface area contributed by atoms with Crippen molar-refractivity contribution in [2.75, 3.05) is 0 Å². The van der Waals surface area contributed by atoms with Gasteiger partial charge in [0.05, 0.1) is 0 Å². The minimum absolute atomic E-state index is 0.438. The molecule has 1 atom stereocenters. The van der Waals surface area contributed by atoms with Crippen LogP contribution in [0.15, 0.2) is 113 Å². The van der Waals surface area contributed by atoms with E-state index in [2.05, 4.69) is 79.7 Å². The first-order valence-electron chi connectivity index (χ1n) is 11.3. The molecule has 1 N–H and O–H groups in total. The second-order valence-electron chi connectivity index (χ2n) is 8.50. The molecule has 0 spiro atoms. The zero-order valence-electron chi connectivity index (χ0n) is 18.4. The van der Waals surface area contributed by atoms with Crippen molar-refractivity contribution >= 4 is 45.1 Å². The standard InChI is InChI=1S/C30H24OS2/c1-2-30(29(31)22-12-4-3-5-13-22)32-25-18-16-20-10-6-8-14-23(20)27(25)28-24-15-9-7-11-21(24)17-19-26(28)33-30/h3-19,29,31H,2H2,1H3/t29-/m0/s1. The summed E-state index contributed by atoms with van der Waals surface area (Å²) in [6.45, 7) is 2.19. The summed E-state index contributed by atoms with van der Waals surface area (Å²) in [7, 11) is 0. The van der Waals surface area contributed by atoms with Crippen molar-refractivity contribution in [3.05, 3.63) is 109 Å². The molecule has 0 fully saturated rings. The van der Waals surface area contributed by atoms with E-state index in [1.807, 2.05) is 53.9 Å². The van der Waals surface area contributed by atoms with Gasteiger partial charge in [-0.15, -0.1) is 23.5 Å². The quantitative estimate of drug-likeness (QED) is 0.288. The highest BCUT2D eigenvalue weighted by molar-refractivity contribution is 8.18. The molecular weight excluding hydrogens is 440 g/mol. The van der Waals surface area contributed by atoms with Gasteiger partial charge in [-0.2, -0.15) is 0 Å². The molecule has 0 bridgehead atoms. The Morgan fingerprint density at radius 2 is 1.12 bits per heavy atom. The summed E-state index contributed by atoms with van der Waals surface area (Å²) in [4.78, 5) is 2.46. The Morgan fingerprint density at radius 1 is 0.636 bits per heavy atom. The van der Waals surface area contributed by atoms with E-state index < -0.39 is 10.2 Å². The highest BCUT2D eigenvalue weighted by Gasteiger charge is 2.43. The number of benzene rings is 5. The molecule has 0 amide bonds. The Hall–Kier alpha value is -2.72. The topological polar surface area (TPSA) is 20.2 Å². The third kappa shape index (κ3) is 3.38. The van der Waals surface area contributed by atoms with Crippen LogP contribution in [0.2, 0.25) is 0 Å². The fourth-order valence-corrected chi connectivity index (χ4v) is 8.05. The van der Waals surface area contributed by atoms with Crippen LogP contribution in [0.25, 0.3) is 32.7 Å². The number of thioether (sulfide) groups is 2. The molecule has 1 aliphatic rings. The Morgan fingerprint density at radius 3 is 1.64 bits per heavy atom. The van der Waals surface area contributed by atoms with Crippen molar-refractivity contribution in [2.24, 2.45) is 0 Å². The Kier molecular flexibility index (Phi) is 5.21. The molecule has 5 aromatic rings. The van der Waals surface area contributed by atoms with E-state index >= 15 is 0 Å². The number of aliphatic hydroxyl groups excluding tert-OH is 1. The highest BCUT2D eigenvalue weighted by Crippen LogP contribution is 2.61. The highest BCUT2D eigenvalue weighted by atomic mass is 32.2. The van der Waals surface area contributed by atoms with Crippen molar-refractivity contribution in [1.82, 2.24) is 0 Å². The number of fused-ring (bicyclic) bond motifs is 7. The second kappa shape index (κ2) is 8.25. The van der Waals surface area contributed by atoms with Crippen LogP contribution < -0.4 is 0 Å². The summed E-state index contributed by atoms with van der Waals surface area (Å²) in [5.74, 6) is 0. The van der Waals surface area contributed by atoms with Gasteiger partial charge < -0.3 is 5.11 Å². The molecule has 1 nitrogen and oxygen atoms in total. The normalized spacial score (nSPS) is 15.6. The molecule has 33 heavy (non-hydrogen) atoms. The zero-order valence-corrected chi connectivity index (χ0v) is 20.0. The van der Waals surface area contributed by atoms with Gasteiger partial charge in [-0.25, -0.2) is 0 Å². The molecule has 6 rings (SSSR count). The van der Waals surface area contributed by atoms with Crippen LogP contribution in [0, 0.1) is 0 Å². The third-order valence-corrected chi connectivity index (χ3v) is 9.96. The fraction of sp³-hybridized carbons (Fsp3) is 0.133. The Bertz CT molecular complexity index is 1390. The molecule has 162 valence electrons. The first-order valence-corrected chi connectivity index (χ1v) is 13.0. The van der Waals surface area contributed by atoms with Crippen LogP contribution in [0.4, 0.5) is 0 Å². The lowest BCUT2D eigenvalue weighted by molar-refractivity contribution is 0.161. The van der Waals surface area contributed by atoms with Gasteiger partial charge in [0, 0.05) is 20.9 Å². The number of rotatable bonds is 3. The molecule has 5 aromatic carbocycles. The van der Waals surface area contributed by atoms with Gasteiger partial charge in [0.15, 0.2) is 0 Å². The lowest BCUT2D eigenvalue weighted by atomic mass is 9.94. The van der Waals surface area contributed by atoms with E-state index in [9.17, 15) is 5.11 Å². The van der Waals surface area contributed by atoms with Crippen LogP contribution in [0.5, 0.6) is 0 Å². The SMILES string of the molecule is CCC1([C@@H](O)c2ccccc2)Sc2ccc3ccccc3c2-c2c(ccc3ccccc23)S1. The molecule has 1 aliphatic heterocycles. The van der Waals surface area contributed by atoms with E-state index in [0.29, 0.717) is 0 Å². The van der Waals surface area contributed by atoms with E-state index in [1.54, 1.807) is 0 Å². The van der Waals surface area contributed by atoms with E-state index in [4.69, 9.17) is 0 Å². The van der Waals surface area contributed by atoms with Crippen molar-refractivity contribution < 1.29 is 5.11 Å². The van der Waals surface area contributed by atoms with E-state index in [1.165, 1.54) is 42.5 Å². The lowest BCUT2D eigenvalue weighted by Crippen LogP contribution is -2.28. The predicted octanol–water partition coefficient (Wildman–Crippen LogP) is 8.70. The molecule has 0 aromatic heterocycles. The summed E-state index contributed by atoms with van der Waals surface area (Å²) < 4.78 is -0.438. The maximum absolute atomic E-state index is 11.8. The van der Waals surface area contributed by atoms with Gasteiger partial charge in [0.25, 0.3) is 0 Å². The molecule has 3 heteroatoms. The molecule has 1 heterocycles. The second-order valence-corrected chi connectivity index (χ2v) is 11.5. The molecule has 0 unspecified atom stereocenters. The molecule has 0 saturated carbocycles. The van der Waals surface area contributed by atoms with Crippen molar-refractivity contribution in [2.45, 2.75) is 33.3 Å².